The molecule has 1 rings (SSSR count). The fourth-order valence-corrected chi connectivity index (χ4v) is 1.93. The summed E-state index contributed by atoms with van der Waals surface area (Å²) in [6.07, 6.45) is 2.43. The predicted octanol–water partition coefficient (Wildman–Crippen LogP) is 1.40. The molecule has 0 heterocycles. The number of benzene rings is 1. The number of hydrogen-bond donors (Lipinski definition) is 1. The van der Waals surface area contributed by atoms with Crippen molar-refractivity contribution >= 4 is 10.3 Å². The Hall–Kier alpha value is -0.910. The molecule has 0 saturated carbocycles. The van der Waals surface area contributed by atoms with Crippen molar-refractivity contribution in [1.29, 1.82) is 0 Å². The minimum absolute atomic E-state index is 0.136. The third-order valence-electron chi connectivity index (χ3n) is 2.34. The SMILES string of the molecule is CCc1ccccc1CCCOS(N)(=O)=O. The van der Waals surface area contributed by atoms with Gasteiger partial charge in [0.1, 0.15) is 0 Å². The third kappa shape index (κ3) is 4.74. The Kier molecular flexibility index (Phi) is 4.92. The fourth-order valence-electron chi connectivity index (χ4n) is 1.58. The van der Waals surface area contributed by atoms with E-state index in [0.717, 1.165) is 12.8 Å². The number of nitrogens with two attached hydrogens (primary N) is 1. The zero-order valence-corrected chi connectivity index (χ0v) is 10.2. The lowest BCUT2D eigenvalue weighted by Crippen LogP contribution is -2.16. The van der Waals surface area contributed by atoms with Gasteiger partial charge in [0.25, 0.3) is 0 Å². The molecule has 0 saturated heterocycles. The lowest BCUT2D eigenvalue weighted by atomic mass is 10.0. The van der Waals surface area contributed by atoms with E-state index in [2.05, 4.69) is 23.2 Å². The van der Waals surface area contributed by atoms with Crippen LogP contribution in [0.2, 0.25) is 0 Å². The predicted molar refractivity (Wildman–Crippen MR) is 63.2 cm³/mol. The van der Waals surface area contributed by atoms with Crippen molar-refractivity contribution in [1.82, 2.24) is 0 Å². The highest BCUT2D eigenvalue weighted by Gasteiger charge is 2.03. The van der Waals surface area contributed by atoms with Crippen LogP contribution in [0.3, 0.4) is 0 Å². The van der Waals surface area contributed by atoms with Gasteiger partial charge in [-0.3, -0.25) is 4.18 Å². The van der Waals surface area contributed by atoms with Gasteiger partial charge in [-0.1, -0.05) is 31.2 Å². The molecular formula is C11H17NO3S. The van der Waals surface area contributed by atoms with Crippen molar-refractivity contribution in [3.63, 3.8) is 0 Å². The van der Waals surface area contributed by atoms with Gasteiger partial charge in [-0.15, -0.1) is 0 Å². The first kappa shape index (κ1) is 13.2. The molecule has 0 atom stereocenters. The second-order valence-corrected chi connectivity index (χ2v) is 4.76. The number of hydrogen-bond acceptors (Lipinski definition) is 3. The first-order valence-corrected chi connectivity index (χ1v) is 6.74. The van der Waals surface area contributed by atoms with E-state index in [1.165, 1.54) is 11.1 Å². The summed E-state index contributed by atoms with van der Waals surface area (Å²) in [5.41, 5.74) is 2.53. The Morgan fingerprint density at radius 1 is 1.25 bits per heavy atom. The smallest absolute Gasteiger partial charge is 0.258 e. The Bertz CT molecular complexity index is 429. The molecule has 16 heavy (non-hydrogen) atoms. The van der Waals surface area contributed by atoms with Crippen molar-refractivity contribution in [2.75, 3.05) is 6.61 Å². The molecule has 0 radical (unpaired) electrons. The zero-order chi connectivity index (χ0) is 12.0. The van der Waals surface area contributed by atoms with Crippen molar-refractivity contribution in [3.8, 4) is 0 Å². The second-order valence-electron chi connectivity index (χ2n) is 3.54. The molecule has 1 aromatic carbocycles. The molecule has 4 nitrogen and oxygen atoms in total. The highest BCUT2D eigenvalue weighted by molar-refractivity contribution is 7.84. The van der Waals surface area contributed by atoms with Gasteiger partial charge in [0.15, 0.2) is 0 Å². The molecule has 0 bridgehead atoms. The summed E-state index contributed by atoms with van der Waals surface area (Å²) >= 11 is 0. The quantitative estimate of drug-likeness (QED) is 0.768. The first-order valence-electron chi connectivity index (χ1n) is 5.27. The minimum atomic E-state index is -3.79. The van der Waals surface area contributed by atoms with Gasteiger partial charge in [0.05, 0.1) is 6.61 Å². The summed E-state index contributed by atoms with van der Waals surface area (Å²) in [4.78, 5) is 0. The molecule has 0 fully saturated rings. The van der Waals surface area contributed by atoms with Gasteiger partial charge in [-0.05, 0) is 30.4 Å². The van der Waals surface area contributed by atoms with Gasteiger partial charge in [0.2, 0.25) is 0 Å². The molecule has 0 unspecified atom stereocenters. The van der Waals surface area contributed by atoms with Crippen LogP contribution >= 0.6 is 0 Å². The summed E-state index contributed by atoms with van der Waals surface area (Å²) in [5.74, 6) is 0. The normalized spacial score (nSPS) is 11.6. The zero-order valence-electron chi connectivity index (χ0n) is 9.35. The summed E-state index contributed by atoms with van der Waals surface area (Å²) < 4.78 is 25.5. The van der Waals surface area contributed by atoms with Gasteiger partial charge in [0, 0.05) is 0 Å². The van der Waals surface area contributed by atoms with Crippen LogP contribution < -0.4 is 5.14 Å². The van der Waals surface area contributed by atoms with E-state index in [0.29, 0.717) is 6.42 Å². The average molecular weight is 243 g/mol. The molecule has 0 aliphatic rings. The van der Waals surface area contributed by atoms with Gasteiger partial charge in [-0.25, -0.2) is 5.14 Å². The maximum atomic E-state index is 10.5. The molecule has 1 aromatic rings. The molecule has 0 aliphatic heterocycles. The van der Waals surface area contributed by atoms with Gasteiger partial charge < -0.3 is 0 Å². The van der Waals surface area contributed by atoms with Crippen LogP contribution in [0, 0.1) is 0 Å². The topological polar surface area (TPSA) is 69.4 Å². The van der Waals surface area contributed by atoms with Crippen molar-refractivity contribution in [3.05, 3.63) is 35.4 Å². The van der Waals surface area contributed by atoms with E-state index < -0.39 is 10.3 Å². The number of rotatable bonds is 6. The maximum Gasteiger partial charge on any atom is 0.333 e. The van der Waals surface area contributed by atoms with E-state index in [9.17, 15) is 8.42 Å². The average Bonchev–Trinajstić information content (AvgIpc) is 2.23. The van der Waals surface area contributed by atoms with E-state index in [1.54, 1.807) is 0 Å². The van der Waals surface area contributed by atoms with Gasteiger partial charge in [-0.2, -0.15) is 8.42 Å². The second kappa shape index (κ2) is 5.98. The van der Waals surface area contributed by atoms with Crippen LogP contribution in [-0.2, 0) is 27.3 Å². The first-order chi connectivity index (χ1) is 7.53. The van der Waals surface area contributed by atoms with E-state index in [-0.39, 0.29) is 6.61 Å². The molecule has 0 spiro atoms. The van der Waals surface area contributed by atoms with E-state index in [1.807, 2.05) is 12.1 Å². The molecule has 0 aromatic heterocycles. The summed E-state index contributed by atoms with van der Waals surface area (Å²) in [6.45, 7) is 2.23. The monoisotopic (exact) mass is 243 g/mol. The highest BCUT2D eigenvalue weighted by Crippen LogP contribution is 2.11. The number of aryl methyl sites for hydroxylation is 2. The standard InChI is InChI=1S/C11H17NO3S/c1-2-10-6-3-4-7-11(10)8-5-9-15-16(12,13)14/h3-4,6-7H,2,5,8-9H2,1H3,(H2,12,13,14). The third-order valence-corrected chi connectivity index (χ3v) is 2.83. The van der Waals surface area contributed by atoms with E-state index >= 15 is 0 Å². The Morgan fingerprint density at radius 2 is 1.88 bits per heavy atom. The summed E-state index contributed by atoms with van der Waals surface area (Å²) in [7, 11) is -3.79. The maximum absolute atomic E-state index is 10.5. The van der Waals surface area contributed by atoms with Crippen molar-refractivity contribution in [2.24, 2.45) is 5.14 Å². The van der Waals surface area contributed by atoms with Crippen molar-refractivity contribution < 1.29 is 12.6 Å². The van der Waals surface area contributed by atoms with E-state index in [4.69, 9.17) is 5.14 Å². The van der Waals surface area contributed by atoms with Crippen LogP contribution in [0.4, 0.5) is 0 Å². The van der Waals surface area contributed by atoms with Crippen LogP contribution in [0.1, 0.15) is 24.5 Å². The highest BCUT2D eigenvalue weighted by atomic mass is 32.2. The lowest BCUT2D eigenvalue weighted by Gasteiger charge is -2.07. The van der Waals surface area contributed by atoms with Crippen LogP contribution in [0.25, 0.3) is 0 Å². The Balaban J connectivity index is 2.43. The molecule has 90 valence electrons. The Labute approximate surface area is 96.7 Å². The van der Waals surface area contributed by atoms with Crippen molar-refractivity contribution in [2.45, 2.75) is 26.2 Å². The molecular weight excluding hydrogens is 226 g/mol. The van der Waals surface area contributed by atoms with Gasteiger partial charge >= 0.3 is 10.3 Å². The van der Waals surface area contributed by atoms with Crippen LogP contribution in [0.5, 0.6) is 0 Å². The fraction of sp³-hybridized carbons (Fsp3) is 0.455. The summed E-state index contributed by atoms with van der Waals surface area (Å²) in [5, 5.41) is 4.72. The summed E-state index contributed by atoms with van der Waals surface area (Å²) in [6, 6.07) is 8.11. The molecule has 5 heteroatoms. The van der Waals surface area contributed by atoms with Crippen LogP contribution in [-0.4, -0.2) is 15.0 Å². The lowest BCUT2D eigenvalue weighted by molar-refractivity contribution is 0.313. The molecule has 0 aliphatic carbocycles. The minimum Gasteiger partial charge on any atom is -0.258 e. The largest absolute Gasteiger partial charge is 0.333 e. The van der Waals surface area contributed by atoms with Crippen LogP contribution in [0.15, 0.2) is 24.3 Å². The molecule has 0 amide bonds. The Morgan fingerprint density at radius 3 is 2.44 bits per heavy atom. The molecule has 2 N–H and O–H groups in total.